The first kappa shape index (κ1) is 15.9. The van der Waals surface area contributed by atoms with Gasteiger partial charge in [-0.1, -0.05) is 18.6 Å². The number of non-ortho nitro benzene ring substituents is 1. The molecule has 0 aromatic heterocycles. The van der Waals surface area contributed by atoms with Crippen LogP contribution in [0, 0.1) is 16.0 Å². The van der Waals surface area contributed by atoms with E-state index in [0.717, 1.165) is 19.3 Å². The smallest absolute Gasteiger partial charge is 0.269 e. The summed E-state index contributed by atoms with van der Waals surface area (Å²) < 4.78 is 26.4. The Labute approximate surface area is 123 Å². The van der Waals surface area contributed by atoms with Crippen molar-refractivity contribution in [2.75, 3.05) is 6.54 Å². The van der Waals surface area contributed by atoms with Gasteiger partial charge in [0, 0.05) is 18.7 Å². The van der Waals surface area contributed by atoms with Crippen LogP contribution < -0.4 is 4.72 Å². The van der Waals surface area contributed by atoms with Gasteiger partial charge >= 0.3 is 0 Å². The third-order valence-corrected chi connectivity index (χ3v) is 5.01. The summed E-state index contributed by atoms with van der Waals surface area (Å²) in [5.74, 6) is -0.259. The van der Waals surface area contributed by atoms with E-state index in [1.807, 2.05) is 0 Å². The summed E-state index contributed by atoms with van der Waals surface area (Å²) in [5.41, 5.74) is 0.415. The maximum Gasteiger partial charge on any atom is 0.269 e. The topological polar surface area (TPSA) is 110 Å². The van der Waals surface area contributed by atoms with Crippen molar-refractivity contribution in [2.45, 2.75) is 31.1 Å². The molecule has 0 aliphatic heterocycles. The molecule has 21 heavy (non-hydrogen) atoms. The second-order valence-corrected chi connectivity index (χ2v) is 7.10. The van der Waals surface area contributed by atoms with E-state index in [9.17, 15) is 23.6 Å². The Morgan fingerprint density at radius 2 is 1.95 bits per heavy atom. The van der Waals surface area contributed by atoms with Gasteiger partial charge in [0.25, 0.3) is 5.69 Å². The number of benzene rings is 1. The number of hydrogen-bond acceptors (Lipinski definition) is 5. The van der Waals surface area contributed by atoms with E-state index in [1.54, 1.807) is 0 Å². The van der Waals surface area contributed by atoms with Crippen LogP contribution in [-0.2, 0) is 15.8 Å². The molecule has 7 nitrogen and oxygen atoms in total. The molecule has 0 saturated heterocycles. The van der Waals surface area contributed by atoms with Crippen LogP contribution in [0.5, 0.6) is 0 Å². The molecule has 2 rings (SSSR count). The van der Waals surface area contributed by atoms with E-state index in [-0.39, 0.29) is 23.9 Å². The van der Waals surface area contributed by atoms with Crippen molar-refractivity contribution in [1.29, 1.82) is 0 Å². The van der Waals surface area contributed by atoms with Gasteiger partial charge in [0.1, 0.15) is 0 Å². The van der Waals surface area contributed by atoms with E-state index >= 15 is 0 Å². The number of hydrogen-bond donors (Lipinski definition) is 2. The molecule has 0 bridgehead atoms. The van der Waals surface area contributed by atoms with Crippen LogP contribution >= 0.6 is 0 Å². The maximum absolute atomic E-state index is 12.0. The summed E-state index contributed by atoms with van der Waals surface area (Å²) in [6.07, 6.45) is 2.01. The number of sulfonamides is 1. The fraction of sp³-hybridized carbons (Fsp3) is 0.538. The molecule has 0 radical (unpaired) electrons. The maximum atomic E-state index is 12.0. The van der Waals surface area contributed by atoms with Gasteiger partial charge in [0.2, 0.25) is 10.0 Å². The number of aliphatic hydroxyl groups excluding tert-OH is 1. The van der Waals surface area contributed by atoms with Gasteiger partial charge in [-0.25, -0.2) is 13.1 Å². The molecule has 1 aromatic carbocycles. The standard InChI is InChI=1S/C13H18N2O5S/c16-13-3-1-2-11(13)8-14-21(19,20)9-10-4-6-12(7-5-10)15(17)18/h4-7,11,13-14,16H,1-3,8-9H2. The third-order valence-electron chi connectivity index (χ3n) is 3.69. The lowest BCUT2D eigenvalue weighted by molar-refractivity contribution is -0.384. The third kappa shape index (κ3) is 4.48. The average Bonchev–Trinajstić information content (AvgIpc) is 2.82. The molecule has 2 atom stereocenters. The summed E-state index contributed by atoms with van der Waals surface area (Å²) in [7, 11) is -3.51. The van der Waals surface area contributed by atoms with E-state index < -0.39 is 21.1 Å². The molecule has 2 N–H and O–H groups in total. The summed E-state index contributed by atoms with van der Waals surface area (Å²) in [4.78, 5) is 10.00. The fourth-order valence-electron chi connectivity index (χ4n) is 2.47. The van der Waals surface area contributed by atoms with E-state index in [0.29, 0.717) is 5.56 Å². The number of nitrogens with zero attached hydrogens (tertiary/aromatic N) is 1. The predicted octanol–water partition coefficient (Wildman–Crippen LogP) is 1.18. The van der Waals surface area contributed by atoms with Gasteiger partial charge in [-0.15, -0.1) is 0 Å². The fourth-order valence-corrected chi connectivity index (χ4v) is 3.68. The van der Waals surface area contributed by atoms with Crippen LogP contribution in [0.4, 0.5) is 5.69 Å². The van der Waals surface area contributed by atoms with Crippen molar-refractivity contribution < 1.29 is 18.4 Å². The molecule has 1 aromatic rings. The van der Waals surface area contributed by atoms with Crippen LogP contribution in [0.1, 0.15) is 24.8 Å². The van der Waals surface area contributed by atoms with Crippen molar-refractivity contribution in [3.05, 3.63) is 39.9 Å². The van der Waals surface area contributed by atoms with Crippen molar-refractivity contribution >= 4 is 15.7 Å². The van der Waals surface area contributed by atoms with Crippen LogP contribution in [0.25, 0.3) is 0 Å². The van der Waals surface area contributed by atoms with E-state index in [1.165, 1.54) is 24.3 Å². The molecular formula is C13H18N2O5S. The summed E-state index contributed by atoms with van der Waals surface area (Å²) in [6.45, 7) is 0.233. The largest absolute Gasteiger partial charge is 0.393 e. The van der Waals surface area contributed by atoms with Gasteiger partial charge in [0.05, 0.1) is 16.8 Å². The van der Waals surface area contributed by atoms with Crippen LogP contribution in [-0.4, -0.2) is 31.1 Å². The van der Waals surface area contributed by atoms with Crippen molar-refractivity contribution in [3.8, 4) is 0 Å². The molecule has 0 heterocycles. The zero-order valence-corrected chi connectivity index (χ0v) is 12.3. The molecule has 2 unspecified atom stereocenters. The number of nitro benzene ring substituents is 1. The number of aliphatic hydroxyl groups is 1. The average molecular weight is 314 g/mol. The van der Waals surface area contributed by atoms with Crippen molar-refractivity contribution in [3.63, 3.8) is 0 Å². The molecule has 1 aliphatic carbocycles. The van der Waals surface area contributed by atoms with Gasteiger partial charge in [-0.2, -0.15) is 0 Å². The Kier molecular flexibility index (Phi) is 4.92. The molecule has 8 heteroatoms. The molecule has 1 fully saturated rings. The van der Waals surface area contributed by atoms with Crippen LogP contribution in [0.2, 0.25) is 0 Å². The molecule has 0 spiro atoms. The van der Waals surface area contributed by atoms with Crippen molar-refractivity contribution in [2.24, 2.45) is 5.92 Å². The zero-order valence-electron chi connectivity index (χ0n) is 11.4. The minimum atomic E-state index is -3.51. The molecule has 116 valence electrons. The van der Waals surface area contributed by atoms with Crippen molar-refractivity contribution in [1.82, 2.24) is 4.72 Å². The Balaban J connectivity index is 1.92. The Morgan fingerprint density at radius 3 is 2.48 bits per heavy atom. The first-order valence-electron chi connectivity index (χ1n) is 6.76. The second kappa shape index (κ2) is 6.50. The molecular weight excluding hydrogens is 296 g/mol. The van der Waals surface area contributed by atoms with E-state index in [4.69, 9.17) is 0 Å². The first-order chi connectivity index (χ1) is 9.87. The highest BCUT2D eigenvalue weighted by atomic mass is 32.2. The lowest BCUT2D eigenvalue weighted by Crippen LogP contribution is -2.33. The highest BCUT2D eigenvalue weighted by molar-refractivity contribution is 7.88. The Bertz CT molecular complexity index is 599. The minimum Gasteiger partial charge on any atom is -0.393 e. The lowest BCUT2D eigenvalue weighted by atomic mass is 10.1. The molecule has 1 saturated carbocycles. The monoisotopic (exact) mass is 314 g/mol. The number of nitrogens with one attached hydrogen (secondary N) is 1. The van der Waals surface area contributed by atoms with E-state index in [2.05, 4.69) is 4.72 Å². The SMILES string of the molecule is O=[N+]([O-])c1ccc(CS(=O)(=O)NCC2CCCC2O)cc1. The molecule has 0 amide bonds. The lowest BCUT2D eigenvalue weighted by Gasteiger charge is -2.15. The summed E-state index contributed by atoms with van der Waals surface area (Å²) in [6, 6.07) is 5.43. The van der Waals surface area contributed by atoms with Gasteiger partial charge in [0.15, 0.2) is 0 Å². The highest BCUT2D eigenvalue weighted by Gasteiger charge is 2.26. The predicted molar refractivity (Wildman–Crippen MR) is 77.1 cm³/mol. The second-order valence-electron chi connectivity index (χ2n) is 5.29. The summed E-state index contributed by atoms with van der Waals surface area (Å²) in [5, 5.41) is 20.2. The van der Waals surface area contributed by atoms with Gasteiger partial charge < -0.3 is 5.11 Å². The molecule has 1 aliphatic rings. The van der Waals surface area contributed by atoms with Crippen LogP contribution in [0.3, 0.4) is 0 Å². The Morgan fingerprint density at radius 1 is 1.29 bits per heavy atom. The Hall–Kier alpha value is -1.51. The normalized spacial score (nSPS) is 22.3. The number of nitro groups is 1. The quantitative estimate of drug-likeness (QED) is 0.605. The van der Waals surface area contributed by atoms with Gasteiger partial charge in [-0.3, -0.25) is 10.1 Å². The summed E-state index contributed by atoms with van der Waals surface area (Å²) >= 11 is 0. The first-order valence-corrected chi connectivity index (χ1v) is 8.41. The highest BCUT2D eigenvalue weighted by Crippen LogP contribution is 2.25. The van der Waals surface area contributed by atoms with Gasteiger partial charge in [-0.05, 0) is 24.3 Å². The number of rotatable bonds is 6. The van der Waals surface area contributed by atoms with Crippen LogP contribution in [0.15, 0.2) is 24.3 Å². The zero-order chi connectivity index (χ0) is 15.5. The minimum absolute atomic E-state index is 0.0309.